The van der Waals surface area contributed by atoms with Crippen molar-refractivity contribution in [3.05, 3.63) is 82.7 Å². The predicted molar refractivity (Wildman–Crippen MR) is 122 cm³/mol. The molecule has 0 atom stereocenters. The molecule has 2 aromatic carbocycles. The smallest absolute Gasteiger partial charge is 0.146 e. The third kappa shape index (κ3) is 3.75. The number of rotatable bonds is 4. The maximum atomic E-state index is 14.2. The second-order valence-electron chi connectivity index (χ2n) is 7.63. The van der Waals surface area contributed by atoms with Crippen LogP contribution in [-0.2, 0) is 6.42 Å². The molecule has 1 aliphatic heterocycles. The van der Waals surface area contributed by atoms with E-state index in [1.165, 1.54) is 16.5 Å². The number of para-hydroxylation sites is 1. The van der Waals surface area contributed by atoms with Gasteiger partial charge in [0.1, 0.15) is 22.3 Å². The van der Waals surface area contributed by atoms with Crippen molar-refractivity contribution in [2.75, 3.05) is 36.0 Å². The summed E-state index contributed by atoms with van der Waals surface area (Å²) in [5.41, 5.74) is 1.89. The van der Waals surface area contributed by atoms with Crippen LogP contribution in [0, 0.1) is 12.7 Å². The summed E-state index contributed by atoms with van der Waals surface area (Å²) in [7, 11) is 0. The quantitative estimate of drug-likeness (QED) is 0.464. The number of piperazine rings is 1. The minimum absolute atomic E-state index is 0.158. The van der Waals surface area contributed by atoms with Gasteiger partial charge in [0.25, 0.3) is 0 Å². The number of aryl methyl sites for hydroxylation is 1. The number of halogens is 1. The molecule has 152 valence electrons. The van der Waals surface area contributed by atoms with Gasteiger partial charge in [0, 0.05) is 37.5 Å². The Kier molecular flexibility index (Phi) is 5.09. The third-order valence-corrected chi connectivity index (χ3v) is 6.46. The van der Waals surface area contributed by atoms with Crippen LogP contribution >= 0.6 is 11.3 Å². The van der Waals surface area contributed by atoms with E-state index in [1.807, 2.05) is 30.3 Å². The third-order valence-electron chi connectivity index (χ3n) is 5.52. The molecule has 0 unspecified atom stereocenters. The Morgan fingerprint density at radius 2 is 1.60 bits per heavy atom. The van der Waals surface area contributed by atoms with E-state index < -0.39 is 0 Å². The topological polar surface area (TPSA) is 32.3 Å². The SMILES string of the molecule is Cc1cc2c(N3CCN(c4ccccc4F)CC3)nc(Cc3ccccc3)nc2s1. The first kappa shape index (κ1) is 19.0. The number of anilines is 2. The fourth-order valence-electron chi connectivity index (χ4n) is 4.04. The van der Waals surface area contributed by atoms with Crippen LogP contribution in [0.15, 0.2) is 60.7 Å². The summed E-state index contributed by atoms with van der Waals surface area (Å²) < 4.78 is 14.2. The van der Waals surface area contributed by atoms with Gasteiger partial charge in [0.2, 0.25) is 0 Å². The zero-order valence-corrected chi connectivity index (χ0v) is 17.7. The Hall–Kier alpha value is -2.99. The van der Waals surface area contributed by atoms with E-state index in [1.54, 1.807) is 17.4 Å². The number of benzene rings is 2. The van der Waals surface area contributed by atoms with Gasteiger partial charge in [-0.1, -0.05) is 42.5 Å². The lowest BCUT2D eigenvalue weighted by atomic mass is 10.1. The van der Waals surface area contributed by atoms with Crippen LogP contribution in [0.1, 0.15) is 16.3 Å². The van der Waals surface area contributed by atoms with Gasteiger partial charge < -0.3 is 9.80 Å². The standard InChI is InChI=1S/C24H23FN4S/c1-17-15-19-23(26-22(27-24(19)30-17)16-18-7-3-2-4-8-18)29-13-11-28(12-14-29)21-10-6-5-9-20(21)25/h2-10,15H,11-14,16H2,1H3. The van der Waals surface area contributed by atoms with Gasteiger partial charge in [-0.2, -0.15) is 0 Å². The van der Waals surface area contributed by atoms with Gasteiger partial charge in [-0.3, -0.25) is 0 Å². The Balaban J connectivity index is 1.43. The van der Waals surface area contributed by atoms with Crippen LogP contribution in [-0.4, -0.2) is 36.1 Å². The van der Waals surface area contributed by atoms with Crippen LogP contribution in [0.5, 0.6) is 0 Å². The first-order valence-corrected chi connectivity index (χ1v) is 11.0. The van der Waals surface area contributed by atoms with Crippen molar-refractivity contribution in [2.45, 2.75) is 13.3 Å². The first-order chi connectivity index (χ1) is 14.7. The molecule has 1 aliphatic rings. The molecule has 0 saturated carbocycles. The largest absolute Gasteiger partial charge is 0.366 e. The molecule has 1 saturated heterocycles. The molecule has 2 aromatic heterocycles. The fraction of sp³-hybridized carbons (Fsp3) is 0.250. The molecule has 0 radical (unpaired) electrons. The number of nitrogens with zero attached hydrogens (tertiary/aromatic N) is 4. The highest BCUT2D eigenvalue weighted by Crippen LogP contribution is 2.32. The van der Waals surface area contributed by atoms with Gasteiger partial charge in [-0.15, -0.1) is 11.3 Å². The molecular weight excluding hydrogens is 395 g/mol. The number of hydrogen-bond donors (Lipinski definition) is 0. The molecule has 0 amide bonds. The molecule has 1 fully saturated rings. The molecule has 0 bridgehead atoms. The van der Waals surface area contributed by atoms with Gasteiger partial charge in [0.15, 0.2) is 0 Å². The van der Waals surface area contributed by atoms with Crippen LogP contribution in [0.4, 0.5) is 15.9 Å². The summed E-state index contributed by atoms with van der Waals surface area (Å²) in [6, 6.07) is 19.5. The molecule has 4 nitrogen and oxygen atoms in total. The molecule has 0 N–H and O–H groups in total. The summed E-state index contributed by atoms with van der Waals surface area (Å²) in [5, 5.41) is 1.12. The van der Waals surface area contributed by atoms with E-state index in [2.05, 4.69) is 34.9 Å². The van der Waals surface area contributed by atoms with Crippen molar-refractivity contribution >= 4 is 33.1 Å². The van der Waals surface area contributed by atoms with E-state index in [4.69, 9.17) is 9.97 Å². The van der Waals surface area contributed by atoms with E-state index in [0.29, 0.717) is 5.69 Å². The minimum atomic E-state index is -0.158. The lowest BCUT2D eigenvalue weighted by Crippen LogP contribution is -2.47. The highest BCUT2D eigenvalue weighted by Gasteiger charge is 2.23. The second-order valence-corrected chi connectivity index (χ2v) is 8.86. The highest BCUT2D eigenvalue weighted by atomic mass is 32.1. The Morgan fingerprint density at radius 1 is 0.900 bits per heavy atom. The highest BCUT2D eigenvalue weighted by molar-refractivity contribution is 7.18. The van der Waals surface area contributed by atoms with E-state index >= 15 is 0 Å². The molecule has 0 aliphatic carbocycles. The fourth-order valence-corrected chi connectivity index (χ4v) is 4.93. The summed E-state index contributed by atoms with van der Waals surface area (Å²) in [6.45, 7) is 5.26. The number of thiophene rings is 1. The predicted octanol–water partition coefficient (Wildman–Crippen LogP) is 5.06. The summed E-state index contributed by atoms with van der Waals surface area (Å²) >= 11 is 1.72. The van der Waals surface area contributed by atoms with Gasteiger partial charge in [-0.05, 0) is 30.7 Å². The zero-order valence-electron chi connectivity index (χ0n) is 16.9. The average Bonchev–Trinajstić information content (AvgIpc) is 3.14. The van der Waals surface area contributed by atoms with Gasteiger partial charge in [-0.25, -0.2) is 14.4 Å². The lowest BCUT2D eigenvalue weighted by molar-refractivity contribution is 0.596. The second kappa shape index (κ2) is 8.03. The number of fused-ring (bicyclic) bond motifs is 1. The van der Waals surface area contributed by atoms with Crippen molar-refractivity contribution in [3.8, 4) is 0 Å². The first-order valence-electron chi connectivity index (χ1n) is 10.2. The normalized spacial score (nSPS) is 14.5. The van der Waals surface area contributed by atoms with Crippen LogP contribution < -0.4 is 9.80 Å². The van der Waals surface area contributed by atoms with Gasteiger partial charge >= 0.3 is 0 Å². The molecule has 5 rings (SSSR count). The van der Waals surface area contributed by atoms with Crippen molar-refractivity contribution < 1.29 is 4.39 Å². The van der Waals surface area contributed by atoms with Crippen molar-refractivity contribution in [1.29, 1.82) is 0 Å². The summed E-state index contributed by atoms with van der Waals surface area (Å²) in [6.07, 6.45) is 0.718. The molecule has 6 heteroatoms. The van der Waals surface area contributed by atoms with Crippen molar-refractivity contribution in [3.63, 3.8) is 0 Å². The summed E-state index contributed by atoms with van der Waals surface area (Å²) in [5.74, 6) is 1.69. The Labute approximate surface area is 179 Å². The van der Waals surface area contributed by atoms with Crippen molar-refractivity contribution in [2.24, 2.45) is 0 Å². The molecule has 30 heavy (non-hydrogen) atoms. The van der Waals surface area contributed by atoms with E-state index in [9.17, 15) is 4.39 Å². The lowest BCUT2D eigenvalue weighted by Gasteiger charge is -2.37. The molecule has 0 spiro atoms. The summed E-state index contributed by atoms with van der Waals surface area (Å²) in [4.78, 5) is 16.5. The molecular formula is C24H23FN4S. The van der Waals surface area contributed by atoms with E-state index in [-0.39, 0.29) is 5.82 Å². The van der Waals surface area contributed by atoms with E-state index in [0.717, 1.165) is 54.5 Å². The average molecular weight is 419 g/mol. The molecule has 3 heterocycles. The van der Waals surface area contributed by atoms with Crippen molar-refractivity contribution in [1.82, 2.24) is 9.97 Å². The van der Waals surface area contributed by atoms with Crippen LogP contribution in [0.2, 0.25) is 0 Å². The number of aromatic nitrogens is 2. The maximum absolute atomic E-state index is 14.2. The monoisotopic (exact) mass is 418 g/mol. The molecule has 4 aromatic rings. The Bertz CT molecular complexity index is 1170. The maximum Gasteiger partial charge on any atom is 0.146 e. The van der Waals surface area contributed by atoms with Gasteiger partial charge in [0.05, 0.1) is 11.1 Å². The van der Waals surface area contributed by atoms with Crippen LogP contribution in [0.25, 0.3) is 10.2 Å². The Morgan fingerprint density at radius 3 is 2.37 bits per heavy atom. The zero-order chi connectivity index (χ0) is 20.5. The minimum Gasteiger partial charge on any atom is -0.366 e. The van der Waals surface area contributed by atoms with Crippen LogP contribution in [0.3, 0.4) is 0 Å². The number of hydrogen-bond acceptors (Lipinski definition) is 5.